The average Bonchev–Trinajstić information content (AvgIpc) is 2.51. The zero-order valence-corrected chi connectivity index (χ0v) is 15.6. The molecule has 4 nitrogen and oxygen atoms in total. The van der Waals surface area contributed by atoms with Crippen molar-refractivity contribution < 1.29 is 19.1 Å². The number of esters is 2. The van der Waals surface area contributed by atoms with E-state index in [0.717, 1.165) is 31.2 Å². The molecule has 0 aliphatic heterocycles. The molecule has 134 valence electrons. The van der Waals surface area contributed by atoms with E-state index in [1.54, 1.807) is 12.1 Å². The van der Waals surface area contributed by atoms with Crippen molar-refractivity contribution >= 4 is 11.9 Å². The standard InChI is InChI=1S/C20H30O4/c1-6-8-10-18(21)23-16-13-12-15(20(3,4)5)14-17(16)24-19(22)11-9-7-2/h12-14H,6-11H2,1-5H3. The summed E-state index contributed by atoms with van der Waals surface area (Å²) in [6.07, 6.45) is 4.14. The van der Waals surface area contributed by atoms with Gasteiger partial charge >= 0.3 is 11.9 Å². The van der Waals surface area contributed by atoms with E-state index in [-0.39, 0.29) is 17.4 Å². The van der Waals surface area contributed by atoms with Gasteiger partial charge in [-0.2, -0.15) is 0 Å². The van der Waals surface area contributed by atoms with Gasteiger partial charge in [0.2, 0.25) is 0 Å². The van der Waals surface area contributed by atoms with Crippen molar-refractivity contribution in [3.63, 3.8) is 0 Å². The normalized spacial score (nSPS) is 11.2. The molecular weight excluding hydrogens is 304 g/mol. The molecule has 24 heavy (non-hydrogen) atoms. The van der Waals surface area contributed by atoms with Crippen LogP contribution < -0.4 is 9.47 Å². The first-order valence-electron chi connectivity index (χ1n) is 8.83. The molecule has 0 aliphatic rings. The highest BCUT2D eigenvalue weighted by Crippen LogP contribution is 2.34. The summed E-state index contributed by atoms with van der Waals surface area (Å²) in [6.45, 7) is 10.3. The summed E-state index contributed by atoms with van der Waals surface area (Å²) in [4.78, 5) is 23.9. The Morgan fingerprint density at radius 2 is 1.38 bits per heavy atom. The van der Waals surface area contributed by atoms with Crippen LogP contribution in [-0.2, 0) is 15.0 Å². The van der Waals surface area contributed by atoms with E-state index in [1.165, 1.54) is 0 Å². The van der Waals surface area contributed by atoms with Crippen LogP contribution in [0.15, 0.2) is 18.2 Å². The Bertz CT molecular complexity index is 555. The number of carbonyl (C=O) groups excluding carboxylic acids is 2. The van der Waals surface area contributed by atoms with Gasteiger partial charge in [-0.15, -0.1) is 0 Å². The summed E-state index contributed by atoms with van der Waals surface area (Å²) >= 11 is 0. The number of hydrogen-bond acceptors (Lipinski definition) is 4. The maximum absolute atomic E-state index is 12.0. The molecule has 0 aromatic heterocycles. The van der Waals surface area contributed by atoms with E-state index in [9.17, 15) is 9.59 Å². The first-order chi connectivity index (χ1) is 11.3. The molecule has 0 bridgehead atoms. The van der Waals surface area contributed by atoms with Crippen molar-refractivity contribution in [3.05, 3.63) is 23.8 Å². The third-order valence-electron chi connectivity index (χ3n) is 3.73. The number of rotatable bonds is 8. The first kappa shape index (κ1) is 20.2. The minimum atomic E-state index is -0.300. The minimum Gasteiger partial charge on any atom is -0.423 e. The highest BCUT2D eigenvalue weighted by molar-refractivity contribution is 5.76. The van der Waals surface area contributed by atoms with E-state index in [2.05, 4.69) is 20.8 Å². The van der Waals surface area contributed by atoms with E-state index >= 15 is 0 Å². The summed E-state index contributed by atoms with van der Waals surface area (Å²) in [7, 11) is 0. The Hall–Kier alpha value is -1.84. The highest BCUT2D eigenvalue weighted by atomic mass is 16.6. The maximum Gasteiger partial charge on any atom is 0.311 e. The van der Waals surface area contributed by atoms with Crippen molar-refractivity contribution in [1.29, 1.82) is 0 Å². The van der Waals surface area contributed by atoms with Crippen LogP contribution in [0.1, 0.15) is 78.7 Å². The molecule has 1 aromatic carbocycles. The van der Waals surface area contributed by atoms with Crippen molar-refractivity contribution in [3.8, 4) is 11.5 Å². The molecule has 0 fully saturated rings. The molecule has 0 N–H and O–H groups in total. The Kier molecular flexibility index (Phi) is 7.96. The van der Waals surface area contributed by atoms with Gasteiger partial charge in [-0.1, -0.05) is 53.5 Å². The van der Waals surface area contributed by atoms with Gasteiger partial charge in [-0.05, 0) is 36.0 Å². The van der Waals surface area contributed by atoms with Gasteiger partial charge in [0.1, 0.15) is 0 Å². The number of hydrogen-bond donors (Lipinski definition) is 0. The maximum atomic E-state index is 12.0. The molecule has 0 amide bonds. The van der Waals surface area contributed by atoms with Crippen LogP contribution in [-0.4, -0.2) is 11.9 Å². The summed E-state index contributed by atoms with van der Waals surface area (Å²) < 4.78 is 10.9. The molecule has 0 unspecified atom stereocenters. The second-order valence-corrected chi connectivity index (χ2v) is 7.07. The van der Waals surface area contributed by atoms with Crippen LogP contribution in [0.3, 0.4) is 0 Å². The lowest BCUT2D eigenvalue weighted by atomic mass is 9.87. The lowest BCUT2D eigenvalue weighted by Crippen LogP contribution is -2.15. The molecule has 0 radical (unpaired) electrons. The van der Waals surface area contributed by atoms with E-state index < -0.39 is 0 Å². The SMILES string of the molecule is CCCCC(=O)Oc1ccc(C(C)(C)C)cc1OC(=O)CCCC. The van der Waals surface area contributed by atoms with Crippen LogP contribution in [0.5, 0.6) is 11.5 Å². The molecule has 0 saturated carbocycles. The Morgan fingerprint density at radius 1 is 0.875 bits per heavy atom. The monoisotopic (exact) mass is 334 g/mol. The zero-order valence-electron chi connectivity index (χ0n) is 15.6. The number of unbranched alkanes of at least 4 members (excludes halogenated alkanes) is 2. The van der Waals surface area contributed by atoms with Crippen LogP contribution >= 0.6 is 0 Å². The van der Waals surface area contributed by atoms with Gasteiger partial charge in [-0.25, -0.2) is 0 Å². The smallest absolute Gasteiger partial charge is 0.311 e. The third-order valence-corrected chi connectivity index (χ3v) is 3.73. The summed E-state index contributed by atoms with van der Waals surface area (Å²) in [5, 5.41) is 0. The Balaban J connectivity index is 2.99. The molecule has 0 spiro atoms. The molecular formula is C20H30O4. The van der Waals surface area contributed by atoms with Gasteiger partial charge < -0.3 is 9.47 Å². The molecule has 1 rings (SSSR count). The van der Waals surface area contributed by atoms with Gasteiger partial charge in [0.15, 0.2) is 11.5 Å². The zero-order chi connectivity index (χ0) is 18.2. The molecule has 0 saturated heterocycles. The molecule has 1 aromatic rings. The first-order valence-corrected chi connectivity index (χ1v) is 8.83. The topological polar surface area (TPSA) is 52.6 Å². The largest absolute Gasteiger partial charge is 0.423 e. The number of ether oxygens (including phenoxy) is 2. The summed E-state index contributed by atoms with van der Waals surface area (Å²) in [5.74, 6) is 0.0438. The molecule has 0 atom stereocenters. The van der Waals surface area contributed by atoms with E-state index in [0.29, 0.717) is 24.3 Å². The Labute approximate surface area is 145 Å². The fourth-order valence-corrected chi connectivity index (χ4v) is 2.13. The molecule has 4 heteroatoms. The van der Waals surface area contributed by atoms with Crippen molar-refractivity contribution in [2.45, 2.75) is 78.6 Å². The average molecular weight is 334 g/mol. The fourth-order valence-electron chi connectivity index (χ4n) is 2.13. The van der Waals surface area contributed by atoms with Crippen LogP contribution in [0, 0.1) is 0 Å². The number of benzene rings is 1. The lowest BCUT2D eigenvalue weighted by Gasteiger charge is -2.21. The lowest BCUT2D eigenvalue weighted by molar-refractivity contribution is -0.137. The van der Waals surface area contributed by atoms with Crippen molar-refractivity contribution in [2.24, 2.45) is 0 Å². The molecule has 0 heterocycles. The van der Waals surface area contributed by atoms with Crippen molar-refractivity contribution in [2.75, 3.05) is 0 Å². The predicted molar refractivity (Wildman–Crippen MR) is 95.5 cm³/mol. The minimum absolute atomic E-state index is 0.0880. The summed E-state index contributed by atoms with van der Waals surface area (Å²) in [5.41, 5.74) is 0.934. The second kappa shape index (κ2) is 9.45. The van der Waals surface area contributed by atoms with E-state index in [4.69, 9.17) is 9.47 Å². The third kappa shape index (κ3) is 6.73. The summed E-state index contributed by atoms with van der Waals surface area (Å²) in [6, 6.07) is 5.42. The van der Waals surface area contributed by atoms with Gasteiger partial charge in [0, 0.05) is 12.8 Å². The predicted octanol–water partition coefficient (Wildman–Crippen LogP) is 5.18. The fraction of sp³-hybridized carbons (Fsp3) is 0.600. The van der Waals surface area contributed by atoms with E-state index in [1.807, 2.05) is 19.9 Å². The molecule has 0 aliphatic carbocycles. The quantitative estimate of drug-likeness (QED) is 0.486. The van der Waals surface area contributed by atoms with Crippen LogP contribution in [0.25, 0.3) is 0 Å². The van der Waals surface area contributed by atoms with Gasteiger partial charge in [-0.3, -0.25) is 9.59 Å². The van der Waals surface area contributed by atoms with Crippen LogP contribution in [0.4, 0.5) is 0 Å². The van der Waals surface area contributed by atoms with Gasteiger partial charge in [0.25, 0.3) is 0 Å². The van der Waals surface area contributed by atoms with Crippen molar-refractivity contribution in [1.82, 2.24) is 0 Å². The van der Waals surface area contributed by atoms with Crippen LogP contribution in [0.2, 0.25) is 0 Å². The second-order valence-electron chi connectivity index (χ2n) is 7.07. The highest BCUT2D eigenvalue weighted by Gasteiger charge is 2.19. The number of carbonyl (C=O) groups is 2. The Morgan fingerprint density at radius 3 is 1.83 bits per heavy atom. The van der Waals surface area contributed by atoms with Gasteiger partial charge in [0.05, 0.1) is 0 Å².